The molecule has 5 nitrogen and oxygen atoms in total. The molecule has 174 valence electrons. The van der Waals surface area contributed by atoms with Crippen molar-refractivity contribution in [3.63, 3.8) is 0 Å². The van der Waals surface area contributed by atoms with Gasteiger partial charge >= 0.3 is 6.18 Å². The largest absolute Gasteiger partial charge is 0.416 e. The Balaban J connectivity index is 1.38. The van der Waals surface area contributed by atoms with E-state index in [0.29, 0.717) is 12.3 Å². The molecule has 9 heteroatoms. The standard InChI is InChI=1S/C23H30F3N5S/c1-4-20(23(24,25)26)8-5-7-18-11-13-31(16-18)12-6-14-32-22-29-28-21(30(22)3)19-10-9-17(2)27-15-19/h4-5,8-10,15,18H,6-7,11-14,16H2,1-3H3/b8-5-,20-4+. The molecule has 1 saturated heterocycles. The predicted molar refractivity (Wildman–Crippen MR) is 122 cm³/mol. The lowest BCUT2D eigenvalue weighted by molar-refractivity contribution is -0.0883. The minimum Gasteiger partial charge on any atom is -0.305 e. The van der Waals surface area contributed by atoms with Crippen molar-refractivity contribution in [2.75, 3.05) is 25.4 Å². The fourth-order valence-electron chi connectivity index (χ4n) is 3.79. The average molecular weight is 466 g/mol. The average Bonchev–Trinajstić information content (AvgIpc) is 3.35. The summed E-state index contributed by atoms with van der Waals surface area (Å²) in [6, 6.07) is 3.97. The predicted octanol–water partition coefficient (Wildman–Crippen LogP) is 5.44. The van der Waals surface area contributed by atoms with E-state index in [0.717, 1.165) is 66.5 Å². The first kappa shape index (κ1) is 24.5. The van der Waals surface area contributed by atoms with Crippen LogP contribution in [-0.4, -0.2) is 56.2 Å². The minimum absolute atomic E-state index is 0.426. The summed E-state index contributed by atoms with van der Waals surface area (Å²) in [6.07, 6.45) is 4.29. The fraction of sp³-hybridized carbons (Fsp3) is 0.522. The van der Waals surface area contributed by atoms with E-state index in [1.165, 1.54) is 13.0 Å². The van der Waals surface area contributed by atoms with Gasteiger partial charge in [-0.25, -0.2) is 0 Å². The third-order valence-corrected chi connectivity index (χ3v) is 6.74. The van der Waals surface area contributed by atoms with Crippen molar-refractivity contribution in [1.82, 2.24) is 24.6 Å². The molecule has 3 heterocycles. The molecule has 2 aromatic heterocycles. The summed E-state index contributed by atoms with van der Waals surface area (Å²) in [5.41, 5.74) is 1.34. The molecule has 2 aromatic rings. The van der Waals surface area contributed by atoms with Gasteiger partial charge in [-0.2, -0.15) is 13.2 Å². The summed E-state index contributed by atoms with van der Waals surface area (Å²) in [7, 11) is 1.97. The van der Waals surface area contributed by atoms with Gasteiger partial charge in [0.1, 0.15) is 0 Å². The first-order valence-electron chi connectivity index (χ1n) is 10.9. The Morgan fingerprint density at radius 2 is 2.09 bits per heavy atom. The molecule has 1 unspecified atom stereocenters. The molecule has 0 spiro atoms. The maximum atomic E-state index is 12.8. The van der Waals surface area contributed by atoms with Gasteiger partial charge < -0.3 is 9.47 Å². The zero-order valence-electron chi connectivity index (χ0n) is 18.8. The molecule has 1 aliphatic rings. The molecular formula is C23H30F3N5S. The number of allylic oxidation sites excluding steroid dienone is 4. The Morgan fingerprint density at radius 3 is 2.78 bits per heavy atom. The maximum Gasteiger partial charge on any atom is 0.416 e. The van der Waals surface area contributed by atoms with E-state index in [9.17, 15) is 13.2 Å². The number of rotatable bonds is 9. The van der Waals surface area contributed by atoms with Gasteiger partial charge in [0.05, 0.1) is 5.57 Å². The lowest BCUT2D eigenvalue weighted by atomic mass is 10.0. The number of hydrogen-bond donors (Lipinski definition) is 0. The smallest absolute Gasteiger partial charge is 0.305 e. The van der Waals surface area contributed by atoms with Crippen molar-refractivity contribution in [1.29, 1.82) is 0 Å². The number of likely N-dealkylation sites (tertiary alicyclic amines) is 1. The van der Waals surface area contributed by atoms with Crippen LogP contribution in [-0.2, 0) is 7.05 Å². The molecule has 3 rings (SSSR count). The molecule has 1 aliphatic heterocycles. The highest BCUT2D eigenvalue weighted by Gasteiger charge is 2.31. The van der Waals surface area contributed by atoms with Crippen LogP contribution in [0.4, 0.5) is 13.2 Å². The van der Waals surface area contributed by atoms with Gasteiger partial charge in [0.15, 0.2) is 11.0 Å². The van der Waals surface area contributed by atoms with Crippen LogP contribution >= 0.6 is 11.8 Å². The second kappa shape index (κ2) is 11.1. The third kappa shape index (κ3) is 6.68. The van der Waals surface area contributed by atoms with Gasteiger partial charge in [0.2, 0.25) is 0 Å². The molecule has 1 fully saturated rings. The van der Waals surface area contributed by atoms with Gasteiger partial charge in [-0.3, -0.25) is 4.98 Å². The Hall–Kier alpha value is -2.13. The summed E-state index contributed by atoms with van der Waals surface area (Å²) in [5, 5.41) is 9.50. The second-order valence-corrected chi connectivity index (χ2v) is 9.15. The van der Waals surface area contributed by atoms with Gasteiger partial charge in [-0.05, 0) is 64.3 Å². The highest BCUT2D eigenvalue weighted by atomic mass is 32.2. The molecule has 0 saturated carbocycles. The number of aryl methyl sites for hydroxylation is 1. The SMILES string of the molecule is C/C=C(\C=C/CC1CCN(CCCSc2nnc(-c3ccc(C)nc3)n2C)C1)C(F)(F)F. The third-order valence-electron chi connectivity index (χ3n) is 5.63. The van der Waals surface area contributed by atoms with Crippen molar-refractivity contribution >= 4 is 11.8 Å². The lowest BCUT2D eigenvalue weighted by Crippen LogP contribution is -2.22. The maximum absolute atomic E-state index is 12.8. The summed E-state index contributed by atoms with van der Waals surface area (Å²) in [6.45, 7) is 6.31. The van der Waals surface area contributed by atoms with Gasteiger partial charge in [-0.1, -0.05) is 30.0 Å². The molecule has 0 N–H and O–H groups in total. The van der Waals surface area contributed by atoms with Crippen LogP contribution in [0.3, 0.4) is 0 Å². The van der Waals surface area contributed by atoms with Crippen molar-refractivity contribution in [2.45, 2.75) is 44.4 Å². The van der Waals surface area contributed by atoms with E-state index in [-0.39, 0.29) is 0 Å². The van der Waals surface area contributed by atoms with E-state index in [1.807, 2.05) is 36.9 Å². The quantitative estimate of drug-likeness (QED) is 0.280. The van der Waals surface area contributed by atoms with Gasteiger partial charge in [-0.15, -0.1) is 10.2 Å². The van der Waals surface area contributed by atoms with E-state index >= 15 is 0 Å². The van der Waals surface area contributed by atoms with Crippen molar-refractivity contribution in [3.8, 4) is 11.4 Å². The van der Waals surface area contributed by atoms with Crippen LogP contribution in [0.25, 0.3) is 11.4 Å². The first-order chi connectivity index (χ1) is 15.3. The second-order valence-electron chi connectivity index (χ2n) is 8.09. The van der Waals surface area contributed by atoms with Crippen LogP contribution in [0.2, 0.25) is 0 Å². The molecule has 0 aliphatic carbocycles. The zero-order chi connectivity index (χ0) is 23.1. The Morgan fingerprint density at radius 1 is 1.28 bits per heavy atom. The first-order valence-corrected chi connectivity index (χ1v) is 11.8. The van der Waals surface area contributed by atoms with Crippen molar-refractivity contribution < 1.29 is 13.2 Å². The Labute approximate surface area is 191 Å². The number of thioether (sulfide) groups is 1. The van der Waals surface area contributed by atoms with E-state index in [1.54, 1.807) is 17.8 Å². The van der Waals surface area contributed by atoms with Crippen LogP contribution in [0.5, 0.6) is 0 Å². The number of halogens is 3. The number of alkyl halides is 3. The molecule has 0 bridgehead atoms. The summed E-state index contributed by atoms with van der Waals surface area (Å²) in [5.74, 6) is 2.17. The van der Waals surface area contributed by atoms with E-state index in [4.69, 9.17) is 0 Å². The molecule has 0 amide bonds. The monoisotopic (exact) mass is 465 g/mol. The normalized spacial score (nSPS) is 18.2. The molecular weight excluding hydrogens is 435 g/mol. The summed E-state index contributed by atoms with van der Waals surface area (Å²) < 4.78 is 40.3. The zero-order valence-corrected chi connectivity index (χ0v) is 19.6. The molecule has 1 atom stereocenters. The topological polar surface area (TPSA) is 46.8 Å². The van der Waals surface area contributed by atoms with Gasteiger partial charge in [0.25, 0.3) is 0 Å². The summed E-state index contributed by atoms with van der Waals surface area (Å²) >= 11 is 1.69. The van der Waals surface area contributed by atoms with E-state index < -0.39 is 11.7 Å². The van der Waals surface area contributed by atoms with Crippen LogP contribution in [0.15, 0.2) is 47.3 Å². The number of aromatic nitrogens is 4. The highest BCUT2D eigenvalue weighted by molar-refractivity contribution is 7.99. The van der Waals surface area contributed by atoms with Crippen molar-refractivity contribution in [2.24, 2.45) is 13.0 Å². The molecule has 0 aromatic carbocycles. The fourth-order valence-corrected chi connectivity index (χ4v) is 4.63. The molecule has 0 radical (unpaired) electrons. The number of pyridine rings is 1. The van der Waals surface area contributed by atoms with E-state index in [2.05, 4.69) is 20.1 Å². The van der Waals surface area contributed by atoms with Crippen LogP contribution < -0.4 is 0 Å². The summed E-state index contributed by atoms with van der Waals surface area (Å²) in [4.78, 5) is 6.73. The Kier molecular flexibility index (Phi) is 8.53. The van der Waals surface area contributed by atoms with Crippen molar-refractivity contribution in [3.05, 3.63) is 47.8 Å². The lowest BCUT2D eigenvalue weighted by Gasteiger charge is -2.15. The van der Waals surface area contributed by atoms with Crippen LogP contribution in [0.1, 0.15) is 31.9 Å². The number of hydrogen-bond acceptors (Lipinski definition) is 5. The Bertz CT molecular complexity index is 934. The van der Waals surface area contributed by atoms with Gasteiger partial charge in [0, 0.05) is 36.8 Å². The minimum atomic E-state index is -4.27. The number of nitrogens with zero attached hydrogens (tertiary/aromatic N) is 5. The van der Waals surface area contributed by atoms with Crippen LogP contribution in [0, 0.1) is 12.8 Å². The highest BCUT2D eigenvalue weighted by Crippen LogP contribution is 2.28. The molecule has 32 heavy (non-hydrogen) atoms.